The van der Waals surface area contributed by atoms with Gasteiger partial charge in [-0.05, 0) is 24.1 Å². The molecule has 2 atom stereocenters. The third-order valence-electron chi connectivity index (χ3n) is 2.71. The van der Waals surface area contributed by atoms with Crippen molar-refractivity contribution in [3.05, 3.63) is 29.8 Å². The third-order valence-corrected chi connectivity index (χ3v) is 3.85. The van der Waals surface area contributed by atoms with E-state index in [0.29, 0.717) is 5.92 Å². The van der Waals surface area contributed by atoms with Crippen LogP contribution in [0.2, 0.25) is 0 Å². The molecule has 0 aliphatic carbocycles. The van der Waals surface area contributed by atoms with Crippen molar-refractivity contribution in [1.82, 2.24) is 0 Å². The Hall–Kier alpha value is -0.610. The summed E-state index contributed by atoms with van der Waals surface area (Å²) in [6.07, 6.45) is 1.03. The Morgan fingerprint density at radius 1 is 1.31 bits per heavy atom. The second-order valence-electron chi connectivity index (χ2n) is 3.94. The Morgan fingerprint density at radius 2 is 2.00 bits per heavy atom. The van der Waals surface area contributed by atoms with Crippen molar-refractivity contribution in [2.75, 3.05) is 5.75 Å². The first-order valence-electron chi connectivity index (χ1n) is 5.38. The molecule has 0 saturated heterocycles. The standard InChI is InChI=1S/C12H17F2NS/c1-3-8(2)12(15)7-16-9-4-5-10(13)11(14)6-9/h4-6,8,12H,3,7,15H2,1-2H3. The number of rotatable bonds is 5. The lowest BCUT2D eigenvalue weighted by atomic mass is 10.0. The molecule has 0 radical (unpaired) electrons. The Morgan fingerprint density at radius 3 is 2.56 bits per heavy atom. The van der Waals surface area contributed by atoms with Gasteiger partial charge in [-0.2, -0.15) is 0 Å². The molecule has 0 bridgehead atoms. The van der Waals surface area contributed by atoms with Crippen LogP contribution in [0.4, 0.5) is 8.78 Å². The highest BCUT2D eigenvalue weighted by Gasteiger charge is 2.11. The van der Waals surface area contributed by atoms with Crippen molar-refractivity contribution < 1.29 is 8.78 Å². The van der Waals surface area contributed by atoms with Crippen LogP contribution in [0.25, 0.3) is 0 Å². The van der Waals surface area contributed by atoms with E-state index in [-0.39, 0.29) is 6.04 Å². The zero-order valence-corrected chi connectivity index (χ0v) is 10.4. The molecule has 0 aliphatic rings. The number of hydrogen-bond acceptors (Lipinski definition) is 2. The fraction of sp³-hybridized carbons (Fsp3) is 0.500. The van der Waals surface area contributed by atoms with Gasteiger partial charge in [0.25, 0.3) is 0 Å². The minimum absolute atomic E-state index is 0.0862. The van der Waals surface area contributed by atoms with Crippen molar-refractivity contribution in [1.29, 1.82) is 0 Å². The minimum atomic E-state index is -0.810. The molecule has 2 unspecified atom stereocenters. The van der Waals surface area contributed by atoms with Crippen LogP contribution >= 0.6 is 11.8 Å². The molecule has 0 aliphatic heterocycles. The summed E-state index contributed by atoms with van der Waals surface area (Å²) in [6, 6.07) is 4.02. The van der Waals surface area contributed by atoms with Crippen LogP contribution in [0, 0.1) is 17.6 Å². The summed E-state index contributed by atoms with van der Waals surface area (Å²) < 4.78 is 25.6. The summed E-state index contributed by atoms with van der Waals surface area (Å²) in [4.78, 5) is 0.720. The number of benzene rings is 1. The van der Waals surface area contributed by atoms with E-state index < -0.39 is 11.6 Å². The summed E-state index contributed by atoms with van der Waals surface area (Å²) in [7, 11) is 0. The fourth-order valence-corrected chi connectivity index (χ4v) is 2.29. The van der Waals surface area contributed by atoms with E-state index in [9.17, 15) is 8.78 Å². The lowest BCUT2D eigenvalue weighted by Crippen LogP contribution is -2.30. The van der Waals surface area contributed by atoms with Gasteiger partial charge in [-0.15, -0.1) is 11.8 Å². The summed E-state index contributed by atoms with van der Waals surface area (Å²) in [5.74, 6) is -0.449. The Kier molecular flexibility index (Phi) is 5.22. The SMILES string of the molecule is CCC(C)C(N)CSc1ccc(F)c(F)c1. The predicted molar refractivity (Wildman–Crippen MR) is 64.5 cm³/mol. The van der Waals surface area contributed by atoms with Gasteiger partial charge in [0, 0.05) is 16.7 Å². The highest BCUT2D eigenvalue weighted by atomic mass is 32.2. The van der Waals surface area contributed by atoms with Gasteiger partial charge in [0.1, 0.15) is 0 Å². The first kappa shape index (κ1) is 13.5. The predicted octanol–water partition coefficient (Wildman–Crippen LogP) is 3.43. The van der Waals surface area contributed by atoms with Gasteiger partial charge in [0.05, 0.1) is 0 Å². The summed E-state index contributed by atoms with van der Waals surface area (Å²) in [5.41, 5.74) is 5.95. The normalized spacial score (nSPS) is 14.8. The molecule has 0 amide bonds. The van der Waals surface area contributed by atoms with E-state index in [1.54, 1.807) is 6.07 Å². The average Bonchev–Trinajstić information content (AvgIpc) is 2.29. The van der Waals surface area contributed by atoms with E-state index in [2.05, 4.69) is 13.8 Å². The van der Waals surface area contributed by atoms with Gasteiger partial charge in [-0.3, -0.25) is 0 Å². The first-order valence-corrected chi connectivity index (χ1v) is 6.36. The van der Waals surface area contributed by atoms with Gasteiger partial charge in [0.2, 0.25) is 0 Å². The van der Waals surface area contributed by atoms with E-state index in [4.69, 9.17) is 5.73 Å². The topological polar surface area (TPSA) is 26.0 Å². The van der Waals surface area contributed by atoms with Crippen LogP contribution in [-0.2, 0) is 0 Å². The van der Waals surface area contributed by atoms with Crippen molar-refractivity contribution in [3.63, 3.8) is 0 Å². The van der Waals surface area contributed by atoms with Gasteiger partial charge in [-0.25, -0.2) is 8.78 Å². The molecule has 1 aromatic carbocycles. The molecule has 0 saturated carbocycles. The molecular formula is C12H17F2NS. The van der Waals surface area contributed by atoms with E-state index in [1.807, 2.05) is 0 Å². The largest absolute Gasteiger partial charge is 0.327 e. The minimum Gasteiger partial charge on any atom is -0.327 e. The second-order valence-corrected chi connectivity index (χ2v) is 5.03. The van der Waals surface area contributed by atoms with Crippen LogP contribution in [0.3, 0.4) is 0 Å². The van der Waals surface area contributed by atoms with Crippen LogP contribution in [0.15, 0.2) is 23.1 Å². The molecule has 0 aromatic heterocycles. The molecule has 0 spiro atoms. The quantitative estimate of drug-likeness (QED) is 0.804. The summed E-state index contributed by atoms with van der Waals surface area (Å²) in [5, 5.41) is 0. The molecule has 0 heterocycles. The maximum atomic E-state index is 12.9. The molecule has 2 N–H and O–H groups in total. The van der Waals surface area contributed by atoms with E-state index in [0.717, 1.165) is 23.1 Å². The zero-order valence-electron chi connectivity index (χ0n) is 9.54. The number of hydrogen-bond donors (Lipinski definition) is 1. The molecular weight excluding hydrogens is 228 g/mol. The summed E-state index contributed by atoms with van der Waals surface area (Å²) >= 11 is 1.46. The summed E-state index contributed by atoms with van der Waals surface area (Å²) in [6.45, 7) is 4.18. The Balaban J connectivity index is 2.51. The number of halogens is 2. The first-order chi connectivity index (χ1) is 7.54. The fourth-order valence-electron chi connectivity index (χ4n) is 1.23. The second kappa shape index (κ2) is 6.21. The average molecular weight is 245 g/mol. The van der Waals surface area contributed by atoms with Gasteiger partial charge in [-0.1, -0.05) is 20.3 Å². The highest BCUT2D eigenvalue weighted by molar-refractivity contribution is 7.99. The van der Waals surface area contributed by atoms with Crippen LogP contribution < -0.4 is 5.73 Å². The molecule has 1 aromatic rings. The third kappa shape index (κ3) is 3.76. The van der Waals surface area contributed by atoms with Gasteiger partial charge in [0.15, 0.2) is 11.6 Å². The smallest absolute Gasteiger partial charge is 0.159 e. The maximum absolute atomic E-state index is 12.9. The Labute approximate surface area is 99.4 Å². The monoisotopic (exact) mass is 245 g/mol. The van der Waals surface area contributed by atoms with Crippen LogP contribution in [-0.4, -0.2) is 11.8 Å². The van der Waals surface area contributed by atoms with Gasteiger partial charge >= 0.3 is 0 Å². The maximum Gasteiger partial charge on any atom is 0.159 e. The van der Waals surface area contributed by atoms with Crippen molar-refractivity contribution in [2.45, 2.75) is 31.2 Å². The van der Waals surface area contributed by atoms with Crippen LogP contribution in [0.5, 0.6) is 0 Å². The Bertz CT molecular complexity index is 344. The van der Waals surface area contributed by atoms with Crippen molar-refractivity contribution in [2.24, 2.45) is 11.7 Å². The van der Waals surface area contributed by atoms with Crippen molar-refractivity contribution >= 4 is 11.8 Å². The lowest BCUT2D eigenvalue weighted by Gasteiger charge is -2.17. The van der Waals surface area contributed by atoms with Crippen LogP contribution in [0.1, 0.15) is 20.3 Å². The van der Waals surface area contributed by atoms with E-state index in [1.165, 1.54) is 17.8 Å². The molecule has 16 heavy (non-hydrogen) atoms. The number of thioether (sulfide) groups is 1. The highest BCUT2D eigenvalue weighted by Crippen LogP contribution is 2.22. The van der Waals surface area contributed by atoms with E-state index >= 15 is 0 Å². The molecule has 1 rings (SSSR count). The zero-order chi connectivity index (χ0) is 12.1. The molecule has 0 fully saturated rings. The molecule has 1 nitrogen and oxygen atoms in total. The molecule has 4 heteroatoms. The lowest BCUT2D eigenvalue weighted by molar-refractivity contribution is 0.475. The van der Waals surface area contributed by atoms with Gasteiger partial charge < -0.3 is 5.73 Å². The number of nitrogens with two attached hydrogens (primary N) is 1. The van der Waals surface area contributed by atoms with Crippen molar-refractivity contribution in [3.8, 4) is 0 Å². The molecule has 90 valence electrons.